The van der Waals surface area contributed by atoms with Crippen LogP contribution in [0.4, 0.5) is 10.8 Å². The van der Waals surface area contributed by atoms with Gasteiger partial charge < -0.3 is 20.7 Å². The molecule has 0 fully saturated rings. The van der Waals surface area contributed by atoms with E-state index in [1.807, 2.05) is 29.6 Å². The molecular formula is C34H27ClN4O4S2. The Bertz CT molecular complexity index is 1840. The second-order valence-corrected chi connectivity index (χ2v) is 11.8. The number of aromatic nitrogens is 1. The predicted octanol–water partition coefficient (Wildman–Crippen LogP) is 7.61. The maximum atomic E-state index is 13.3. The van der Waals surface area contributed by atoms with Gasteiger partial charge in [0, 0.05) is 32.1 Å². The molecule has 0 saturated heterocycles. The van der Waals surface area contributed by atoms with Crippen LogP contribution in [-0.2, 0) is 9.59 Å². The average Bonchev–Trinajstić information content (AvgIpc) is 3.52. The summed E-state index contributed by atoms with van der Waals surface area (Å²) < 4.78 is 5.41. The molecular weight excluding hydrogens is 628 g/mol. The lowest BCUT2D eigenvalue weighted by Crippen LogP contribution is -2.30. The molecule has 0 aliphatic carbocycles. The van der Waals surface area contributed by atoms with Crippen LogP contribution in [0.3, 0.4) is 0 Å². The van der Waals surface area contributed by atoms with E-state index in [-0.39, 0.29) is 17.4 Å². The maximum Gasteiger partial charge on any atom is 0.272 e. The number of methoxy groups -OCH3 is 1. The summed E-state index contributed by atoms with van der Waals surface area (Å²) in [7, 11) is 1.61. The van der Waals surface area contributed by atoms with Crippen molar-refractivity contribution >= 4 is 69.3 Å². The number of ether oxygens (including phenoxy) is 1. The van der Waals surface area contributed by atoms with Crippen molar-refractivity contribution in [3.8, 4) is 17.0 Å². The minimum absolute atomic E-state index is 0.0531. The summed E-state index contributed by atoms with van der Waals surface area (Å²) in [6.07, 6.45) is 1.56. The predicted molar refractivity (Wildman–Crippen MR) is 182 cm³/mol. The molecule has 11 heteroatoms. The quantitative estimate of drug-likeness (QED) is 0.0999. The van der Waals surface area contributed by atoms with Crippen LogP contribution in [0.15, 0.2) is 119 Å². The molecule has 45 heavy (non-hydrogen) atoms. The molecule has 0 bridgehead atoms. The number of halogens is 1. The number of thiazole rings is 1. The molecule has 1 aromatic heterocycles. The van der Waals surface area contributed by atoms with E-state index in [2.05, 4.69) is 20.9 Å². The van der Waals surface area contributed by atoms with E-state index < -0.39 is 11.8 Å². The van der Waals surface area contributed by atoms with Crippen LogP contribution in [0, 0.1) is 0 Å². The fourth-order valence-electron chi connectivity index (χ4n) is 4.15. The van der Waals surface area contributed by atoms with Crippen molar-refractivity contribution in [1.29, 1.82) is 0 Å². The molecule has 1 heterocycles. The number of carbonyl (C=O) groups is 3. The molecule has 0 atom stereocenters. The second kappa shape index (κ2) is 15.2. The summed E-state index contributed by atoms with van der Waals surface area (Å²) in [5, 5.41) is 11.2. The molecule has 5 aromatic rings. The third kappa shape index (κ3) is 8.82. The summed E-state index contributed by atoms with van der Waals surface area (Å²) in [4.78, 5) is 44.1. The summed E-state index contributed by atoms with van der Waals surface area (Å²) in [5.74, 6) is -0.231. The van der Waals surface area contributed by atoms with E-state index in [0.29, 0.717) is 32.7 Å². The Balaban J connectivity index is 1.19. The van der Waals surface area contributed by atoms with Crippen LogP contribution < -0.4 is 20.7 Å². The van der Waals surface area contributed by atoms with Gasteiger partial charge >= 0.3 is 0 Å². The average molecular weight is 655 g/mol. The highest BCUT2D eigenvalue weighted by Gasteiger charge is 2.16. The number of para-hydroxylation sites is 1. The van der Waals surface area contributed by atoms with Gasteiger partial charge in [-0.25, -0.2) is 4.98 Å². The Morgan fingerprint density at radius 2 is 1.67 bits per heavy atom. The number of thioether (sulfide) groups is 1. The highest BCUT2D eigenvalue weighted by molar-refractivity contribution is 8.00. The molecule has 4 aromatic carbocycles. The van der Waals surface area contributed by atoms with E-state index in [9.17, 15) is 14.4 Å². The van der Waals surface area contributed by atoms with Gasteiger partial charge in [0.2, 0.25) is 5.91 Å². The van der Waals surface area contributed by atoms with Crippen LogP contribution in [0.5, 0.6) is 5.75 Å². The second-order valence-electron chi connectivity index (χ2n) is 9.49. The molecule has 5 rings (SSSR count). The fourth-order valence-corrected chi connectivity index (χ4v) is 5.78. The number of rotatable bonds is 11. The first-order chi connectivity index (χ1) is 21.9. The van der Waals surface area contributed by atoms with E-state index in [1.165, 1.54) is 23.1 Å². The van der Waals surface area contributed by atoms with Gasteiger partial charge in [-0.05, 0) is 72.3 Å². The monoisotopic (exact) mass is 654 g/mol. The third-order valence-electron chi connectivity index (χ3n) is 6.30. The van der Waals surface area contributed by atoms with Gasteiger partial charge in [-0.2, -0.15) is 0 Å². The van der Waals surface area contributed by atoms with E-state index in [0.717, 1.165) is 16.2 Å². The normalized spacial score (nSPS) is 11.0. The summed E-state index contributed by atoms with van der Waals surface area (Å²) in [6.45, 7) is 0. The molecule has 226 valence electrons. The summed E-state index contributed by atoms with van der Waals surface area (Å²) in [6, 6.07) is 30.2. The molecule has 0 aliphatic heterocycles. The van der Waals surface area contributed by atoms with Crippen LogP contribution in [0.2, 0.25) is 5.02 Å². The molecule has 3 N–H and O–H groups in total. The zero-order valence-electron chi connectivity index (χ0n) is 24.0. The van der Waals surface area contributed by atoms with Crippen molar-refractivity contribution in [2.75, 3.05) is 23.5 Å². The van der Waals surface area contributed by atoms with E-state index >= 15 is 0 Å². The SMILES string of the molecule is COc1ccccc1-c1csc(NC(=O)CSc2ccc(NC(=O)/C(=C/c3cccc(Cl)c3)NC(=O)c3ccccc3)cc2)n1. The van der Waals surface area contributed by atoms with Gasteiger partial charge in [0.1, 0.15) is 11.4 Å². The Morgan fingerprint density at radius 3 is 2.42 bits per heavy atom. The highest BCUT2D eigenvalue weighted by atomic mass is 35.5. The van der Waals surface area contributed by atoms with Gasteiger partial charge in [0.05, 0.1) is 18.6 Å². The number of amides is 3. The number of carbonyl (C=O) groups excluding carboxylic acids is 3. The molecule has 0 aliphatic rings. The smallest absolute Gasteiger partial charge is 0.272 e. The lowest BCUT2D eigenvalue weighted by atomic mass is 10.1. The fraction of sp³-hybridized carbons (Fsp3) is 0.0588. The van der Waals surface area contributed by atoms with Crippen molar-refractivity contribution in [2.24, 2.45) is 0 Å². The maximum absolute atomic E-state index is 13.3. The van der Waals surface area contributed by atoms with Crippen LogP contribution in [-0.4, -0.2) is 35.6 Å². The van der Waals surface area contributed by atoms with Crippen molar-refractivity contribution in [2.45, 2.75) is 4.90 Å². The van der Waals surface area contributed by atoms with E-state index in [4.69, 9.17) is 16.3 Å². The molecule has 8 nitrogen and oxygen atoms in total. The Kier molecular flexibility index (Phi) is 10.7. The van der Waals surface area contributed by atoms with Gasteiger partial charge in [-0.15, -0.1) is 23.1 Å². The molecule has 0 unspecified atom stereocenters. The van der Waals surface area contributed by atoms with Crippen molar-refractivity contribution in [3.63, 3.8) is 0 Å². The molecule has 3 amide bonds. The van der Waals surface area contributed by atoms with Crippen LogP contribution in [0.25, 0.3) is 17.3 Å². The van der Waals surface area contributed by atoms with Gasteiger partial charge in [-0.3, -0.25) is 14.4 Å². The minimum Gasteiger partial charge on any atom is -0.496 e. The Morgan fingerprint density at radius 1 is 0.911 bits per heavy atom. The van der Waals surface area contributed by atoms with Crippen LogP contribution in [0.1, 0.15) is 15.9 Å². The molecule has 0 radical (unpaired) electrons. The molecule has 0 saturated carbocycles. The number of nitrogens with one attached hydrogen (secondary N) is 3. The third-order valence-corrected chi connectivity index (χ3v) is 8.31. The number of anilines is 2. The van der Waals surface area contributed by atoms with Crippen molar-refractivity contribution in [3.05, 3.63) is 130 Å². The topological polar surface area (TPSA) is 109 Å². The Hall–Kier alpha value is -4.90. The zero-order chi connectivity index (χ0) is 31.6. The summed E-state index contributed by atoms with van der Waals surface area (Å²) >= 11 is 8.82. The standard InChI is InChI=1S/C34H27ClN4O4S2/c1-43-30-13-6-5-12-27(30)29-20-45-34(38-29)39-31(40)21-44-26-16-14-25(15-17-26)36-33(42)28(19-22-8-7-11-24(35)18-22)37-32(41)23-9-3-2-4-10-23/h2-20H,21H2,1H3,(H,36,42)(H,37,41)(H,38,39,40)/b28-19-. The number of nitrogens with zero attached hydrogens (tertiary/aromatic N) is 1. The minimum atomic E-state index is -0.505. The lowest BCUT2D eigenvalue weighted by molar-refractivity contribution is -0.114. The first-order valence-corrected chi connectivity index (χ1v) is 15.9. The number of benzene rings is 4. The first kappa shape index (κ1) is 31.5. The van der Waals surface area contributed by atoms with Gasteiger partial charge in [-0.1, -0.05) is 54.1 Å². The highest BCUT2D eigenvalue weighted by Crippen LogP contribution is 2.32. The number of hydrogen-bond acceptors (Lipinski definition) is 7. The van der Waals surface area contributed by atoms with Crippen molar-refractivity contribution in [1.82, 2.24) is 10.3 Å². The largest absolute Gasteiger partial charge is 0.496 e. The zero-order valence-corrected chi connectivity index (χ0v) is 26.3. The van der Waals surface area contributed by atoms with Crippen LogP contribution >= 0.6 is 34.7 Å². The first-order valence-electron chi connectivity index (χ1n) is 13.6. The Labute approximate surface area is 273 Å². The summed E-state index contributed by atoms with van der Waals surface area (Å²) in [5.41, 5.74) is 3.22. The lowest BCUT2D eigenvalue weighted by Gasteiger charge is -2.12. The van der Waals surface area contributed by atoms with Crippen molar-refractivity contribution < 1.29 is 19.1 Å². The van der Waals surface area contributed by atoms with Gasteiger partial charge in [0.25, 0.3) is 11.8 Å². The van der Waals surface area contributed by atoms with E-state index in [1.54, 1.807) is 92.0 Å². The number of hydrogen-bond donors (Lipinski definition) is 3. The molecule has 0 spiro atoms. The van der Waals surface area contributed by atoms with Gasteiger partial charge in [0.15, 0.2) is 5.13 Å².